The maximum Gasteiger partial charge on any atom is -0.0164 e. The summed E-state index contributed by atoms with van der Waals surface area (Å²) >= 11 is 0. The van der Waals surface area contributed by atoms with E-state index in [9.17, 15) is 0 Å². The van der Waals surface area contributed by atoms with Crippen molar-refractivity contribution in [3.63, 3.8) is 0 Å². The van der Waals surface area contributed by atoms with Crippen LogP contribution in [-0.2, 0) is 0 Å². The molecule has 0 N–H and O–H groups in total. The summed E-state index contributed by atoms with van der Waals surface area (Å²) in [5.74, 6) is 0. The molecule has 2 fully saturated rings. The van der Waals surface area contributed by atoms with Gasteiger partial charge in [-0.3, -0.25) is 0 Å². The SMILES string of the molecule is CC1(C)CCC(C)(C)C2(C)C(C)(C)CC12C. The Kier molecular flexibility index (Phi) is 2.10. The molecule has 0 nitrogen and oxygen atoms in total. The smallest absolute Gasteiger partial charge is 0.0164 e. The minimum Gasteiger partial charge on any atom is -0.0594 e. The highest BCUT2D eigenvalue weighted by Gasteiger charge is 2.75. The molecular formula is C16H30. The fraction of sp³-hybridized carbons (Fsp3) is 1.00. The lowest BCUT2D eigenvalue weighted by Gasteiger charge is -2.80. The summed E-state index contributed by atoms with van der Waals surface area (Å²) < 4.78 is 0. The van der Waals surface area contributed by atoms with Gasteiger partial charge in [0.15, 0.2) is 0 Å². The molecule has 2 atom stereocenters. The lowest BCUT2D eigenvalue weighted by atomic mass is 9.24. The highest BCUT2D eigenvalue weighted by molar-refractivity contribution is 5.23. The summed E-state index contributed by atoms with van der Waals surface area (Å²) in [5.41, 5.74) is 2.49. The first-order chi connectivity index (χ1) is 6.91. The van der Waals surface area contributed by atoms with E-state index in [0.29, 0.717) is 27.1 Å². The molecule has 0 aromatic heterocycles. The van der Waals surface area contributed by atoms with E-state index in [4.69, 9.17) is 0 Å². The standard InChI is InChI=1S/C16H30/c1-12(2)9-10-13(3,4)16(8)14(5,6)11-15(12,16)7/h9-11H2,1-8H3. The monoisotopic (exact) mass is 222 g/mol. The minimum absolute atomic E-state index is 0.481. The first-order valence-electron chi connectivity index (χ1n) is 6.91. The summed E-state index contributed by atoms with van der Waals surface area (Å²) in [6.45, 7) is 20.1. The topological polar surface area (TPSA) is 0 Å². The van der Waals surface area contributed by atoms with Crippen molar-refractivity contribution in [1.82, 2.24) is 0 Å². The van der Waals surface area contributed by atoms with E-state index in [1.165, 1.54) is 19.3 Å². The Morgan fingerprint density at radius 1 is 0.562 bits per heavy atom. The average molecular weight is 222 g/mol. The summed E-state index contributed by atoms with van der Waals surface area (Å²) in [4.78, 5) is 0. The number of hydrogen-bond acceptors (Lipinski definition) is 0. The Labute approximate surface area is 102 Å². The molecule has 2 aliphatic carbocycles. The van der Waals surface area contributed by atoms with E-state index in [1.54, 1.807) is 0 Å². The van der Waals surface area contributed by atoms with Crippen molar-refractivity contribution in [3.05, 3.63) is 0 Å². The van der Waals surface area contributed by atoms with Crippen LogP contribution in [0.25, 0.3) is 0 Å². The van der Waals surface area contributed by atoms with Gasteiger partial charge in [0.25, 0.3) is 0 Å². The normalized spacial score (nSPS) is 48.0. The van der Waals surface area contributed by atoms with Crippen LogP contribution in [0, 0.1) is 27.1 Å². The molecule has 2 aliphatic rings. The molecule has 0 amide bonds. The molecular weight excluding hydrogens is 192 g/mol. The average Bonchev–Trinajstić information content (AvgIpc) is 2.11. The molecule has 16 heavy (non-hydrogen) atoms. The fourth-order valence-corrected chi connectivity index (χ4v) is 5.61. The number of fused-ring (bicyclic) bond motifs is 1. The van der Waals surface area contributed by atoms with Gasteiger partial charge < -0.3 is 0 Å². The summed E-state index contributed by atoms with van der Waals surface area (Å²) in [6, 6.07) is 0. The van der Waals surface area contributed by atoms with E-state index < -0.39 is 0 Å². The van der Waals surface area contributed by atoms with Gasteiger partial charge in [-0.2, -0.15) is 0 Å². The lowest BCUT2D eigenvalue weighted by Crippen LogP contribution is -2.73. The maximum atomic E-state index is 2.57. The van der Waals surface area contributed by atoms with Crippen LogP contribution in [0.4, 0.5) is 0 Å². The van der Waals surface area contributed by atoms with E-state index in [-0.39, 0.29) is 0 Å². The van der Waals surface area contributed by atoms with E-state index in [0.717, 1.165) is 0 Å². The van der Waals surface area contributed by atoms with E-state index in [1.807, 2.05) is 0 Å². The van der Waals surface area contributed by atoms with Crippen molar-refractivity contribution in [2.75, 3.05) is 0 Å². The zero-order valence-electron chi connectivity index (χ0n) is 12.6. The molecule has 2 unspecified atom stereocenters. The van der Waals surface area contributed by atoms with Gasteiger partial charge in [0, 0.05) is 0 Å². The van der Waals surface area contributed by atoms with Crippen LogP contribution in [0.1, 0.15) is 74.7 Å². The van der Waals surface area contributed by atoms with Gasteiger partial charge in [-0.1, -0.05) is 55.4 Å². The van der Waals surface area contributed by atoms with Gasteiger partial charge in [0.2, 0.25) is 0 Å². The number of hydrogen-bond donors (Lipinski definition) is 0. The maximum absolute atomic E-state index is 2.57. The second kappa shape index (κ2) is 2.70. The van der Waals surface area contributed by atoms with Gasteiger partial charge in [0.05, 0.1) is 0 Å². The van der Waals surface area contributed by atoms with Crippen LogP contribution in [-0.4, -0.2) is 0 Å². The van der Waals surface area contributed by atoms with Crippen molar-refractivity contribution < 1.29 is 0 Å². The quantitative estimate of drug-likeness (QED) is 0.523. The van der Waals surface area contributed by atoms with Gasteiger partial charge in [-0.05, 0) is 46.3 Å². The molecule has 0 radical (unpaired) electrons. The molecule has 0 aromatic carbocycles. The molecule has 0 bridgehead atoms. The van der Waals surface area contributed by atoms with Gasteiger partial charge in [0.1, 0.15) is 0 Å². The summed E-state index contributed by atoms with van der Waals surface area (Å²) in [6.07, 6.45) is 4.17. The van der Waals surface area contributed by atoms with Crippen LogP contribution in [0.5, 0.6) is 0 Å². The second-order valence-electron chi connectivity index (χ2n) is 8.79. The molecule has 0 aromatic rings. The van der Waals surface area contributed by atoms with Crippen LogP contribution in [0.15, 0.2) is 0 Å². The third-order valence-electron chi connectivity index (χ3n) is 7.47. The van der Waals surface area contributed by atoms with Gasteiger partial charge in [-0.25, -0.2) is 0 Å². The third kappa shape index (κ3) is 0.985. The molecule has 2 rings (SSSR count). The van der Waals surface area contributed by atoms with Crippen molar-refractivity contribution in [1.29, 1.82) is 0 Å². The molecule has 0 heteroatoms. The highest BCUT2D eigenvalue weighted by atomic mass is 14.8. The molecule has 94 valence electrons. The Bertz CT molecular complexity index is 321. The Hall–Kier alpha value is 0. The molecule has 0 spiro atoms. The minimum atomic E-state index is 0.481. The Morgan fingerprint density at radius 3 is 1.38 bits per heavy atom. The summed E-state index contributed by atoms with van der Waals surface area (Å²) in [7, 11) is 0. The fourth-order valence-electron chi connectivity index (χ4n) is 5.61. The van der Waals surface area contributed by atoms with Crippen LogP contribution < -0.4 is 0 Å². The largest absolute Gasteiger partial charge is 0.0594 e. The molecule has 0 saturated heterocycles. The van der Waals surface area contributed by atoms with Crippen LogP contribution in [0.3, 0.4) is 0 Å². The van der Waals surface area contributed by atoms with Crippen molar-refractivity contribution in [2.24, 2.45) is 27.1 Å². The molecule has 0 heterocycles. The third-order valence-corrected chi connectivity index (χ3v) is 7.47. The van der Waals surface area contributed by atoms with Gasteiger partial charge >= 0.3 is 0 Å². The van der Waals surface area contributed by atoms with E-state index >= 15 is 0 Å². The van der Waals surface area contributed by atoms with Gasteiger partial charge in [-0.15, -0.1) is 0 Å². The Morgan fingerprint density at radius 2 is 1.00 bits per heavy atom. The van der Waals surface area contributed by atoms with Crippen molar-refractivity contribution in [3.8, 4) is 0 Å². The zero-order chi connectivity index (χ0) is 12.6. The predicted octanol–water partition coefficient (Wildman–Crippen LogP) is 5.28. The van der Waals surface area contributed by atoms with Crippen molar-refractivity contribution in [2.45, 2.75) is 74.7 Å². The van der Waals surface area contributed by atoms with E-state index in [2.05, 4.69) is 55.4 Å². The van der Waals surface area contributed by atoms with Crippen LogP contribution in [0.2, 0.25) is 0 Å². The molecule has 2 saturated carbocycles. The first-order valence-corrected chi connectivity index (χ1v) is 6.91. The lowest BCUT2D eigenvalue weighted by molar-refractivity contribution is -0.315. The first kappa shape index (κ1) is 12.5. The number of rotatable bonds is 0. The van der Waals surface area contributed by atoms with Crippen LogP contribution >= 0.6 is 0 Å². The van der Waals surface area contributed by atoms with Crippen molar-refractivity contribution >= 4 is 0 Å². The summed E-state index contributed by atoms with van der Waals surface area (Å²) in [5, 5.41) is 0. The zero-order valence-corrected chi connectivity index (χ0v) is 12.6. The second-order valence-corrected chi connectivity index (χ2v) is 8.79. The Balaban J connectivity index is 2.55. The highest BCUT2D eigenvalue weighted by Crippen LogP contribution is 2.82. The molecule has 0 aliphatic heterocycles. The predicted molar refractivity (Wildman–Crippen MR) is 71.4 cm³/mol.